The summed E-state index contributed by atoms with van der Waals surface area (Å²) in [6.45, 7) is 4.11. The average Bonchev–Trinajstić information content (AvgIpc) is 2.71. The molecule has 0 amide bonds. The minimum Gasteiger partial charge on any atom is -0.383 e. The summed E-state index contributed by atoms with van der Waals surface area (Å²) in [6, 6.07) is 0. The summed E-state index contributed by atoms with van der Waals surface area (Å²) in [5.41, 5.74) is 6.52. The fourth-order valence-corrected chi connectivity index (χ4v) is 1.36. The van der Waals surface area contributed by atoms with E-state index in [0.29, 0.717) is 11.7 Å². The van der Waals surface area contributed by atoms with Crippen molar-refractivity contribution in [1.82, 2.24) is 25.0 Å². The van der Waals surface area contributed by atoms with Crippen LogP contribution in [-0.2, 0) is 7.05 Å². The predicted molar refractivity (Wildman–Crippen MR) is 57.1 cm³/mol. The molecule has 6 heteroatoms. The van der Waals surface area contributed by atoms with E-state index in [4.69, 9.17) is 5.73 Å². The van der Waals surface area contributed by atoms with Crippen LogP contribution in [0.25, 0.3) is 11.4 Å². The Morgan fingerprint density at radius 1 is 1.47 bits per heavy atom. The maximum absolute atomic E-state index is 5.73. The number of hydrogen-bond acceptors (Lipinski definition) is 4. The number of aryl methyl sites for hydroxylation is 1. The van der Waals surface area contributed by atoms with E-state index < -0.39 is 0 Å². The van der Waals surface area contributed by atoms with E-state index in [0.717, 1.165) is 17.2 Å². The highest BCUT2D eigenvalue weighted by atomic mass is 15.3. The van der Waals surface area contributed by atoms with Crippen molar-refractivity contribution in [2.24, 2.45) is 7.05 Å². The summed E-state index contributed by atoms with van der Waals surface area (Å²) in [6.07, 6.45) is 1.66. The van der Waals surface area contributed by atoms with Crippen LogP contribution in [0.15, 0.2) is 6.20 Å². The molecular formula is C9H14N6. The first-order valence-electron chi connectivity index (χ1n) is 4.79. The third-order valence-corrected chi connectivity index (χ3v) is 2.21. The van der Waals surface area contributed by atoms with Crippen LogP contribution >= 0.6 is 0 Å². The van der Waals surface area contributed by atoms with Crippen LogP contribution in [0.3, 0.4) is 0 Å². The number of H-pyrrole nitrogens is 1. The van der Waals surface area contributed by atoms with Gasteiger partial charge in [0.15, 0.2) is 11.6 Å². The van der Waals surface area contributed by atoms with Crippen LogP contribution in [0.2, 0.25) is 0 Å². The van der Waals surface area contributed by atoms with Gasteiger partial charge >= 0.3 is 0 Å². The van der Waals surface area contributed by atoms with Crippen molar-refractivity contribution in [2.75, 3.05) is 5.73 Å². The summed E-state index contributed by atoms with van der Waals surface area (Å²) in [7, 11) is 1.85. The molecule has 0 aliphatic carbocycles. The molecule has 2 aromatic heterocycles. The maximum atomic E-state index is 5.73. The van der Waals surface area contributed by atoms with Crippen LogP contribution < -0.4 is 5.73 Å². The van der Waals surface area contributed by atoms with Crippen molar-refractivity contribution in [3.63, 3.8) is 0 Å². The number of nitrogens with two attached hydrogens (primary N) is 1. The van der Waals surface area contributed by atoms with Gasteiger partial charge in [0, 0.05) is 13.0 Å². The molecule has 0 aromatic carbocycles. The van der Waals surface area contributed by atoms with E-state index in [1.54, 1.807) is 10.9 Å². The van der Waals surface area contributed by atoms with Crippen molar-refractivity contribution in [1.29, 1.82) is 0 Å². The topological polar surface area (TPSA) is 85.4 Å². The van der Waals surface area contributed by atoms with Gasteiger partial charge in [-0.25, -0.2) is 9.67 Å². The fraction of sp³-hybridized carbons (Fsp3) is 0.444. The lowest BCUT2D eigenvalue weighted by Crippen LogP contribution is -1.96. The Hall–Kier alpha value is -1.85. The summed E-state index contributed by atoms with van der Waals surface area (Å²) in [4.78, 5) is 4.42. The zero-order valence-corrected chi connectivity index (χ0v) is 9.02. The minimum absolute atomic E-state index is 0.304. The largest absolute Gasteiger partial charge is 0.383 e. The van der Waals surface area contributed by atoms with Gasteiger partial charge in [0.2, 0.25) is 0 Å². The molecule has 0 bridgehead atoms. The molecule has 0 spiro atoms. The molecule has 0 aliphatic heterocycles. The van der Waals surface area contributed by atoms with Gasteiger partial charge in [-0.15, -0.1) is 0 Å². The molecule has 0 fully saturated rings. The zero-order valence-electron chi connectivity index (χ0n) is 9.02. The van der Waals surface area contributed by atoms with Gasteiger partial charge in [-0.3, -0.25) is 5.10 Å². The molecule has 0 saturated carbocycles. The third-order valence-electron chi connectivity index (χ3n) is 2.21. The Morgan fingerprint density at radius 2 is 2.20 bits per heavy atom. The molecule has 0 unspecified atom stereocenters. The SMILES string of the molecule is CC(C)c1nc(-c2cn[nH]c2N)n(C)n1. The average molecular weight is 206 g/mol. The number of aromatic amines is 1. The van der Waals surface area contributed by atoms with E-state index in [1.807, 2.05) is 7.05 Å². The molecule has 2 aromatic rings. The van der Waals surface area contributed by atoms with Gasteiger partial charge in [0.25, 0.3) is 0 Å². The van der Waals surface area contributed by atoms with Crippen molar-refractivity contribution in [3.8, 4) is 11.4 Å². The standard InChI is InChI=1S/C9H14N6/c1-5(2)8-12-9(15(3)14-8)6-4-11-13-7(6)10/h4-5H,1-3H3,(H3,10,11,13). The van der Waals surface area contributed by atoms with Crippen LogP contribution in [0.1, 0.15) is 25.6 Å². The Morgan fingerprint density at radius 3 is 2.67 bits per heavy atom. The molecule has 2 rings (SSSR count). The molecule has 0 atom stereocenters. The van der Waals surface area contributed by atoms with Gasteiger partial charge < -0.3 is 5.73 Å². The van der Waals surface area contributed by atoms with Gasteiger partial charge in [-0.1, -0.05) is 13.8 Å². The third kappa shape index (κ3) is 1.58. The molecule has 6 nitrogen and oxygen atoms in total. The number of aromatic nitrogens is 5. The van der Waals surface area contributed by atoms with Gasteiger partial charge in [0.1, 0.15) is 5.82 Å². The summed E-state index contributed by atoms with van der Waals surface area (Å²) in [5, 5.41) is 10.9. The summed E-state index contributed by atoms with van der Waals surface area (Å²) >= 11 is 0. The van der Waals surface area contributed by atoms with E-state index in [9.17, 15) is 0 Å². The highest BCUT2D eigenvalue weighted by Crippen LogP contribution is 2.22. The van der Waals surface area contributed by atoms with Crippen molar-refractivity contribution in [3.05, 3.63) is 12.0 Å². The second kappa shape index (κ2) is 3.38. The van der Waals surface area contributed by atoms with E-state index in [1.165, 1.54) is 0 Å². The summed E-state index contributed by atoms with van der Waals surface area (Å²) < 4.78 is 1.72. The van der Waals surface area contributed by atoms with Gasteiger partial charge in [0.05, 0.1) is 11.8 Å². The molecule has 3 N–H and O–H groups in total. The molecule has 2 heterocycles. The number of anilines is 1. The number of nitrogen functional groups attached to an aromatic ring is 1. The molecule has 0 aliphatic rings. The first kappa shape index (κ1) is 9.70. The number of hydrogen-bond donors (Lipinski definition) is 2. The normalized spacial score (nSPS) is 11.2. The lowest BCUT2D eigenvalue weighted by molar-refractivity contribution is 0.712. The smallest absolute Gasteiger partial charge is 0.163 e. The van der Waals surface area contributed by atoms with Crippen LogP contribution in [0, 0.1) is 0 Å². The van der Waals surface area contributed by atoms with E-state index in [-0.39, 0.29) is 0 Å². The molecule has 0 radical (unpaired) electrons. The number of nitrogens with zero attached hydrogens (tertiary/aromatic N) is 4. The van der Waals surface area contributed by atoms with Crippen LogP contribution in [0.5, 0.6) is 0 Å². The number of rotatable bonds is 2. The lowest BCUT2D eigenvalue weighted by Gasteiger charge is -1.95. The first-order valence-corrected chi connectivity index (χ1v) is 4.79. The molecule has 80 valence electrons. The molecular weight excluding hydrogens is 192 g/mol. The van der Waals surface area contributed by atoms with E-state index >= 15 is 0 Å². The Kier molecular flexibility index (Phi) is 2.18. The highest BCUT2D eigenvalue weighted by molar-refractivity contribution is 5.67. The fourth-order valence-electron chi connectivity index (χ4n) is 1.36. The Balaban J connectivity index is 2.50. The summed E-state index contributed by atoms with van der Waals surface area (Å²) in [5.74, 6) is 2.37. The van der Waals surface area contributed by atoms with Gasteiger partial charge in [-0.05, 0) is 0 Å². The zero-order chi connectivity index (χ0) is 11.0. The van der Waals surface area contributed by atoms with Crippen molar-refractivity contribution < 1.29 is 0 Å². The highest BCUT2D eigenvalue weighted by Gasteiger charge is 2.14. The number of nitrogens with one attached hydrogen (secondary N) is 1. The Bertz CT molecular complexity index is 467. The molecule has 15 heavy (non-hydrogen) atoms. The van der Waals surface area contributed by atoms with Crippen molar-refractivity contribution >= 4 is 5.82 Å². The first-order chi connectivity index (χ1) is 7.09. The van der Waals surface area contributed by atoms with Crippen molar-refractivity contribution in [2.45, 2.75) is 19.8 Å². The lowest BCUT2D eigenvalue weighted by atomic mass is 10.2. The second-order valence-electron chi connectivity index (χ2n) is 3.77. The maximum Gasteiger partial charge on any atom is 0.163 e. The Labute approximate surface area is 87.5 Å². The van der Waals surface area contributed by atoms with Crippen LogP contribution in [-0.4, -0.2) is 25.0 Å². The minimum atomic E-state index is 0.304. The van der Waals surface area contributed by atoms with Crippen LogP contribution in [0.4, 0.5) is 5.82 Å². The van der Waals surface area contributed by atoms with E-state index in [2.05, 4.69) is 34.1 Å². The molecule has 0 saturated heterocycles. The second-order valence-corrected chi connectivity index (χ2v) is 3.77. The quantitative estimate of drug-likeness (QED) is 0.764. The monoisotopic (exact) mass is 206 g/mol. The van der Waals surface area contributed by atoms with Gasteiger partial charge in [-0.2, -0.15) is 10.2 Å². The predicted octanol–water partition coefficient (Wildman–Crippen LogP) is 0.911.